The van der Waals surface area contributed by atoms with E-state index in [9.17, 15) is 0 Å². The quantitative estimate of drug-likeness (QED) is 0.594. The predicted octanol–water partition coefficient (Wildman–Crippen LogP) is 5.69. The molecule has 0 N–H and O–H groups in total. The first-order chi connectivity index (χ1) is 12.3. The number of aryl methyl sites for hydroxylation is 2. The Kier molecular flexibility index (Phi) is 3.56. The van der Waals surface area contributed by atoms with Gasteiger partial charge < -0.3 is 4.90 Å². The third kappa shape index (κ3) is 2.46. The molecule has 0 amide bonds. The van der Waals surface area contributed by atoms with Gasteiger partial charge in [0.05, 0.1) is 11.7 Å². The molecule has 0 radical (unpaired) electrons. The van der Waals surface area contributed by atoms with E-state index in [4.69, 9.17) is 0 Å². The van der Waals surface area contributed by atoms with Crippen LogP contribution in [-0.4, -0.2) is 4.98 Å². The number of benzene rings is 2. The van der Waals surface area contributed by atoms with Crippen LogP contribution in [-0.2, 0) is 6.42 Å². The number of hydrogen-bond donors (Lipinski definition) is 0. The average Bonchev–Trinajstić information content (AvgIpc) is 3.22. The highest BCUT2D eigenvalue weighted by molar-refractivity contribution is 8.00. The Bertz CT molecular complexity index is 937. The summed E-state index contributed by atoms with van der Waals surface area (Å²) < 4.78 is 0. The highest BCUT2D eigenvalue weighted by Gasteiger charge is 2.39. The van der Waals surface area contributed by atoms with E-state index < -0.39 is 0 Å². The molecule has 0 saturated heterocycles. The number of pyridine rings is 1. The molecule has 2 nitrogen and oxygen atoms in total. The number of thioether (sulfide) groups is 1. The molecule has 1 aliphatic heterocycles. The summed E-state index contributed by atoms with van der Waals surface area (Å²) in [4.78, 5) is 8.46. The molecular weight excluding hydrogens is 324 g/mol. The van der Waals surface area contributed by atoms with Crippen LogP contribution in [0.4, 0.5) is 5.69 Å². The highest BCUT2D eigenvalue weighted by atomic mass is 32.2. The highest BCUT2D eigenvalue weighted by Crippen LogP contribution is 2.56. The smallest absolute Gasteiger partial charge is 0.107 e. The third-order valence-electron chi connectivity index (χ3n) is 5.25. The van der Waals surface area contributed by atoms with Crippen LogP contribution in [0.5, 0.6) is 0 Å². The van der Waals surface area contributed by atoms with Gasteiger partial charge in [0.25, 0.3) is 0 Å². The maximum Gasteiger partial charge on any atom is 0.107 e. The van der Waals surface area contributed by atoms with Crippen LogP contribution in [0.15, 0.2) is 71.9 Å². The Hall–Kier alpha value is -2.26. The zero-order chi connectivity index (χ0) is 16.8. The monoisotopic (exact) mass is 344 g/mol. The molecule has 2 aromatic carbocycles. The summed E-state index contributed by atoms with van der Waals surface area (Å²) >= 11 is 1.95. The van der Waals surface area contributed by atoms with Gasteiger partial charge in [-0.25, -0.2) is 0 Å². The fraction of sp³-hybridized carbons (Fsp3) is 0.227. The van der Waals surface area contributed by atoms with Crippen LogP contribution in [0.25, 0.3) is 0 Å². The zero-order valence-corrected chi connectivity index (χ0v) is 15.0. The van der Waals surface area contributed by atoms with Crippen LogP contribution >= 0.6 is 11.8 Å². The average molecular weight is 344 g/mol. The number of fused-ring (bicyclic) bond motifs is 2. The number of aromatic nitrogens is 1. The molecule has 0 saturated carbocycles. The number of para-hydroxylation sites is 1. The van der Waals surface area contributed by atoms with Gasteiger partial charge in [0.1, 0.15) is 5.37 Å². The van der Waals surface area contributed by atoms with Crippen molar-refractivity contribution in [2.24, 2.45) is 0 Å². The van der Waals surface area contributed by atoms with Crippen LogP contribution in [0.3, 0.4) is 0 Å². The van der Waals surface area contributed by atoms with Gasteiger partial charge >= 0.3 is 0 Å². The summed E-state index contributed by atoms with van der Waals surface area (Å²) in [6, 6.07) is 20.5. The van der Waals surface area contributed by atoms with Gasteiger partial charge in [-0.05, 0) is 48.6 Å². The molecule has 0 bridgehead atoms. The van der Waals surface area contributed by atoms with Gasteiger partial charge in [-0.15, -0.1) is 0 Å². The van der Waals surface area contributed by atoms with Crippen LogP contribution in [0, 0.1) is 6.92 Å². The Morgan fingerprint density at radius 1 is 1.04 bits per heavy atom. The number of nitrogens with zero attached hydrogens (tertiary/aromatic N) is 2. The van der Waals surface area contributed by atoms with Crippen molar-refractivity contribution in [1.82, 2.24) is 4.98 Å². The molecule has 1 aliphatic carbocycles. The molecular formula is C22H20N2S. The Morgan fingerprint density at radius 2 is 1.88 bits per heavy atom. The number of anilines is 1. The van der Waals surface area contributed by atoms with Crippen molar-refractivity contribution < 1.29 is 0 Å². The van der Waals surface area contributed by atoms with Crippen molar-refractivity contribution in [3.05, 3.63) is 89.2 Å². The lowest BCUT2D eigenvalue weighted by molar-refractivity contribution is 0.609. The lowest BCUT2D eigenvalue weighted by Gasteiger charge is -2.33. The minimum Gasteiger partial charge on any atom is -0.347 e. The summed E-state index contributed by atoms with van der Waals surface area (Å²) in [6.45, 7) is 2.12. The van der Waals surface area contributed by atoms with Crippen molar-refractivity contribution in [2.45, 2.75) is 36.1 Å². The fourth-order valence-electron chi connectivity index (χ4n) is 4.17. The molecule has 1 aromatic heterocycles. The second kappa shape index (κ2) is 5.92. The SMILES string of the molecule is Cc1cncc([C@H]2Sc3ccccc3N2C2CCc3ccccc32)c1. The zero-order valence-electron chi connectivity index (χ0n) is 14.2. The van der Waals surface area contributed by atoms with Gasteiger partial charge in [0.15, 0.2) is 0 Å². The molecule has 5 rings (SSSR count). The molecule has 2 aliphatic rings. The first-order valence-electron chi connectivity index (χ1n) is 8.84. The minimum absolute atomic E-state index is 0.293. The maximum absolute atomic E-state index is 4.46. The second-order valence-electron chi connectivity index (χ2n) is 6.89. The van der Waals surface area contributed by atoms with Crippen LogP contribution < -0.4 is 4.90 Å². The molecule has 25 heavy (non-hydrogen) atoms. The lowest BCUT2D eigenvalue weighted by atomic mass is 10.0. The van der Waals surface area contributed by atoms with Crippen LogP contribution in [0.1, 0.15) is 40.1 Å². The van der Waals surface area contributed by atoms with Gasteiger partial charge in [-0.1, -0.05) is 54.2 Å². The first-order valence-corrected chi connectivity index (χ1v) is 9.72. The number of rotatable bonds is 2. The van der Waals surface area contributed by atoms with Crippen molar-refractivity contribution in [3.63, 3.8) is 0 Å². The third-order valence-corrected chi connectivity index (χ3v) is 6.57. The van der Waals surface area contributed by atoms with Gasteiger partial charge in [-0.2, -0.15) is 0 Å². The number of hydrogen-bond acceptors (Lipinski definition) is 3. The Balaban J connectivity index is 1.63. The molecule has 124 valence electrons. The fourth-order valence-corrected chi connectivity index (χ4v) is 5.50. The molecule has 3 heteroatoms. The van der Waals surface area contributed by atoms with Gasteiger partial charge in [-0.3, -0.25) is 4.98 Å². The summed E-state index contributed by atoms with van der Waals surface area (Å²) in [6.07, 6.45) is 6.32. The van der Waals surface area contributed by atoms with Crippen molar-refractivity contribution in [2.75, 3.05) is 4.90 Å². The van der Waals surface area contributed by atoms with E-state index in [-0.39, 0.29) is 0 Å². The standard InChI is InChI=1S/C22H20N2S/c1-15-12-17(14-23-13-15)22-24(20-8-4-5-9-21(20)25-22)19-11-10-16-6-2-3-7-18(16)19/h2-9,12-14,19,22H,10-11H2,1H3/t19?,22-/m1/s1. The van der Waals surface area contributed by atoms with E-state index in [1.165, 1.54) is 45.7 Å². The molecule has 0 fully saturated rings. The predicted molar refractivity (Wildman–Crippen MR) is 104 cm³/mol. The summed E-state index contributed by atoms with van der Waals surface area (Å²) in [7, 11) is 0. The van der Waals surface area contributed by atoms with Crippen molar-refractivity contribution in [3.8, 4) is 0 Å². The summed E-state index contributed by atoms with van der Waals surface area (Å²) in [5, 5.41) is 0.293. The van der Waals surface area contributed by atoms with Crippen molar-refractivity contribution >= 4 is 17.4 Å². The van der Waals surface area contributed by atoms with E-state index >= 15 is 0 Å². The lowest BCUT2D eigenvalue weighted by Crippen LogP contribution is -2.27. The normalized spacial score (nSPS) is 21.2. The van der Waals surface area contributed by atoms with Gasteiger partial charge in [0.2, 0.25) is 0 Å². The van der Waals surface area contributed by atoms with E-state index in [2.05, 4.69) is 71.4 Å². The maximum atomic E-state index is 4.46. The molecule has 2 heterocycles. The Labute approximate surface area is 152 Å². The molecule has 2 atom stereocenters. The first kappa shape index (κ1) is 15.0. The van der Waals surface area contributed by atoms with E-state index in [1.54, 1.807) is 0 Å². The topological polar surface area (TPSA) is 16.1 Å². The second-order valence-corrected chi connectivity index (χ2v) is 8.02. The summed E-state index contributed by atoms with van der Waals surface area (Å²) in [5.74, 6) is 0. The molecule has 3 aromatic rings. The largest absolute Gasteiger partial charge is 0.347 e. The van der Waals surface area contributed by atoms with Gasteiger partial charge in [0, 0.05) is 22.9 Å². The minimum atomic E-state index is 0.293. The molecule has 0 spiro atoms. The van der Waals surface area contributed by atoms with Crippen LogP contribution in [0.2, 0.25) is 0 Å². The van der Waals surface area contributed by atoms with Crippen molar-refractivity contribution in [1.29, 1.82) is 0 Å². The summed E-state index contributed by atoms with van der Waals surface area (Å²) in [5.41, 5.74) is 6.88. The van der Waals surface area contributed by atoms with E-state index in [0.29, 0.717) is 11.4 Å². The molecule has 1 unspecified atom stereocenters. The Morgan fingerprint density at radius 3 is 2.80 bits per heavy atom. The van der Waals surface area contributed by atoms with E-state index in [0.717, 1.165) is 0 Å². The van der Waals surface area contributed by atoms with E-state index in [1.807, 2.05) is 24.2 Å².